The van der Waals surface area contributed by atoms with Crippen molar-refractivity contribution >= 4 is 17.5 Å². The molecule has 2 heterocycles. The molecule has 31 heavy (non-hydrogen) atoms. The molecule has 2 aromatic heterocycles. The molecule has 0 fully saturated rings. The second kappa shape index (κ2) is 10.3. The monoisotopic (exact) mass is 447 g/mol. The molecule has 0 aliphatic rings. The zero-order valence-corrected chi connectivity index (χ0v) is 18.8. The van der Waals surface area contributed by atoms with Crippen LogP contribution in [0.25, 0.3) is 0 Å². The molecule has 0 unspecified atom stereocenters. The molecule has 1 N–H and O–H groups in total. The number of aromatic nitrogens is 4. The van der Waals surface area contributed by atoms with Crippen molar-refractivity contribution in [1.82, 2.24) is 25.2 Å². The lowest BCUT2D eigenvalue weighted by molar-refractivity contribution is 0.0910. The van der Waals surface area contributed by atoms with Crippen LogP contribution in [0.1, 0.15) is 47.3 Å². The first kappa shape index (κ1) is 22.6. The van der Waals surface area contributed by atoms with Crippen molar-refractivity contribution < 1.29 is 18.8 Å². The molecule has 0 aliphatic carbocycles. The zero-order valence-electron chi connectivity index (χ0n) is 18.1. The largest absolute Gasteiger partial charge is 0.490 e. The van der Waals surface area contributed by atoms with Crippen molar-refractivity contribution in [3.05, 3.63) is 51.9 Å². The van der Waals surface area contributed by atoms with Gasteiger partial charge in [0.2, 0.25) is 0 Å². The Hall–Kier alpha value is -3.07. The number of rotatable bonds is 10. The fourth-order valence-corrected chi connectivity index (χ4v) is 3.16. The highest BCUT2D eigenvalue weighted by molar-refractivity contribution is 6.31. The first-order valence-corrected chi connectivity index (χ1v) is 10.5. The van der Waals surface area contributed by atoms with Gasteiger partial charge in [0.15, 0.2) is 17.3 Å². The number of ether oxygens (including phenoxy) is 2. The van der Waals surface area contributed by atoms with Gasteiger partial charge in [0.25, 0.3) is 0 Å². The van der Waals surface area contributed by atoms with Crippen LogP contribution in [0.3, 0.4) is 0 Å². The Morgan fingerprint density at radius 2 is 1.94 bits per heavy atom. The van der Waals surface area contributed by atoms with Gasteiger partial charge in [-0.25, -0.2) is 0 Å². The minimum atomic E-state index is -0.430. The summed E-state index contributed by atoms with van der Waals surface area (Å²) in [6.07, 6.45) is 0.615. The van der Waals surface area contributed by atoms with Gasteiger partial charge in [0.05, 0.1) is 29.6 Å². The van der Waals surface area contributed by atoms with Crippen LogP contribution in [0.2, 0.25) is 5.02 Å². The van der Waals surface area contributed by atoms with Crippen LogP contribution >= 0.6 is 11.6 Å². The maximum Gasteiger partial charge on any atom is 0.316 e. The summed E-state index contributed by atoms with van der Waals surface area (Å²) in [4.78, 5) is 16.5. The van der Waals surface area contributed by atoms with E-state index in [4.69, 9.17) is 25.6 Å². The van der Waals surface area contributed by atoms with E-state index in [1.54, 1.807) is 4.68 Å². The van der Waals surface area contributed by atoms with Gasteiger partial charge in [-0.3, -0.25) is 9.48 Å². The summed E-state index contributed by atoms with van der Waals surface area (Å²) in [5.74, 6) is 1.23. The van der Waals surface area contributed by atoms with Crippen molar-refractivity contribution in [2.75, 3.05) is 19.8 Å². The molecule has 1 amide bonds. The molecule has 3 rings (SSSR count). The molecular weight excluding hydrogens is 422 g/mol. The molecule has 0 saturated carbocycles. The van der Waals surface area contributed by atoms with Crippen LogP contribution in [0.5, 0.6) is 11.5 Å². The van der Waals surface area contributed by atoms with Gasteiger partial charge >= 0.3 is 11.8 Å². The summed E-state index contributed by atoms with van der Waals surface area (Å²) in [7, 11) is 0. The number of hydrogen-bond donors (Lipinski definition) is 1. The molecule has 0 radical (unpaired) electrons. The van der Waals surface area contributed by atoms with Crippen LogP contribution < -0.4 is 14.8 Å². The van der Waals surface area contributed by atoms with Gasteiger partial charge < -0.3 is 19.3 Å². The fraction of sp³-hybridized carbons (Fsp3) is 0.429. The SMILES string of the molecule is CCOc1ccc(CCNC(=O)c2nc(Cn3nc(C)c(Cl)c3C)no2)cc1OCC. The van der Waals surface area contributed by atoms with E-state index in [1.807, 2.05) is 45.9 Å². The summed E-state index contributed by atoms with van der Waals surface area (Å²) in [5.41, 5.74) is 2.54. The van der Waals surface area contributed by atoms with Crippen molar-refractivity contribution in [2.24, 2.45) is 0 Å². The van der Waals surface area contributed by atoms with Crippen molar-refractivity contribution in [3.63, 3.8) is 0 Å². The lowest BCUT2D eigenvalue weighted by atomic mass is 10.1. The third kappa shape index (κ3) is 5.55. The molecule has 10 heteroatoms. The first-order valence-electron chi connectivity index (χ1n) is 10.1. The summed E-state index contributed by atoms with van der Waals surface area (Å²) in [5, 5.41) is 11.6. The Morgan fingerprint density at radius 3 is 2.61 bits per heavy atom. The normalized spacial score (nSPS) is 10.9. The van der Waals surface area contributed by atoms with Gasteiger partial charge in [-0.2, -0.15) is 10.1 Å². The first-order chi connectivity index (χ1) is 14.9. The van der Waals surface area contributed by atoms with Crippen LogP contribution in [-0.2, 0) is 13.0 Å². The maximum absolute atomic E-state index is 12.3. The van der Waals surface area contributed by atoms with Crippen LogP contribution in [0.4, 0.5) is 0 Å². The number of nitrogens with one attached hydrogen (secondary N) is 1. The molecule has 9 nitrogen and oxygen atoms in total. The summed E-state index contributed by atoms with van der Waals surface area (Å²) < 4.78 is 18.0. The summed E-state index contributed by atoms with van der Waals surface area (Å²) in [6.45, 7) is 9.30. The average Bonchev–Trinajstić information content (AvgIpc) is 3.31. The molecule has 0 saturated heterocycles. The number of hydrogen-bond acceptors (Lipinski definition) is 7. The Balaban J connectivity index is 1.55. The number of amides is 1. The van der Waals surface area contributed by atoms with E-state index in [2.05, 4.69) is 20.6 Å². The Morgan fingerprint density at radius 1 is 1.19 bits per heavy atom. The number of halogens is 1. The smallest absolute Gasteiger partial charge is 0.316 e. The van der Waals surface area contributed by atoms with E-state index < -0.39 is 5.91 Å². The average molecular weight is 448 g/mol. The van der Waals surface area contributed by atoms with Crippen LogP contribution in [0.15, 0.2) is 22.7 Å². The predicted molar refractivity (Wildman–Crippen MR) is 115 cm³/mol. The Bertz CT molecular complexity index is 1050. The third-order valence-corrected chi connectivity index (χ3v) is 5.10. The topological polar surface area (TPSA) is 104 Å². The van der Waals surface area contributed by atoms with Crippen molar-refractivity contribution in [3.8, 4) is 11.5 Å². The Kier molecular flexibility index (Phi) is 7.51. The van der Waals surface area contributed by atoms with E-state index in [0.717, 1.165) is 17.0 Å². The number of benzene rings is 1. The standard InChI is InChI=1S/C21H26ClN5O4/c1-5-29-16-8-7-15(11-17(16)30-6-2)9-10-23-20(28)21-24-18(26-31-21)12-27-14(4)19(22)13(3)25-27/h7-8,11H,5-6,9-10,12H2,1-4H3,(H,23,28). The van der Waals surface area contributed by atoms with Crippen molar-refractivity contribution in [1.29, 1.82) is 0 Å². The van der Waals surface area contributed by atoms with E-state index in [0.29, 0.717) is 48.5 Å². The molecule has 0 bridgehead atoms. The highest BCUT2D eigenvalue weighted by Crippen LogP contribution is 2.28. The molecule has 1 aromatic carbocycles. The molecule has 0 spiro atoms. The molecular formula is C21H26ClN5O4. The van der Waals surface area contributed by atoms with Gasteiger partial charge in [-0.1, -0.05) is 22.8 Å². The number of aryl methyl sites for hydroxylation is 1. The second-order valence-electron chi connectivity index (χ2n) is 6.81. The molecule has 0 aliphatic heterocycles. The van der Waals surface area contributed by atoms with Gasteiger partial charge in [0.1, 0.15) is 6.54 Å². The quantitative estimate of drug-likeness (QED) is 0.508. The van der Waals surface area contributed by atoms with Gasteiger partial charge in [-0.15, -0.1) is 0 Å². The zero-order chi connectivity index (χ0) is 22.4. The number of nitrogens with zero attached hydrogens (tertiary/aromatic N) is 4. The fourth-order valence-electron chi connectivity index (χ4n) is 3.02. The lowest BCUT2D eigenvalue weighted by Gasteiger charge is -2.12. The number of carbonyl (C=O) groups is 1. The second-order valence-corrected chi connectivity index (χ2v) is 7.19. The highest BCUT2D eigenvalue weighted by atomic mass is 35.5. The van der Waals surface area contributed by atoms with Crippen LogP contribution in [0, 0.1) is 13.8 Å². The minimum absolute atomic E-state index is 0.0932. The molecule has 166 valence electrons. The van der Waals surface area contributed by atoms with Crippen molar-refractivity contribution in [2.45, 2.75) is 40.7 Å². The van der Waals surface area contributed by atoms with E-state index >= 15 is 0 Å². The van der Waals surface area contributed by atoms with E-state index in [-0.39, 0.29) is 12.4 Å². The van der Waals surface area contributed by atoms with E-state index in [9.17, 15) is 4.79 Å². The van der Waals surface area contributed by atoms with Gasteiger partial charge in [0, 0.05) is 6.54 Å². The van der Waals surface area contributed by atoms with Gasteiger partial charge in [-0.05, 0) is 51.8 Å². The van der Waals surface area contributed by atoms with E-state index in [1.165, 1.54) is 0 Å². The molecule has 0 atom stereocenters. The minimum Gasteiger partial charge on any atom is -0.490 e. The molecule has 3 aromatic rings. The summed E-state index contributed by atoms with van der Waals surface area (Å²) in [6, 6.07) is 5.75. The Labute approximate surface area is 185 Å². The maximum atomic E-state index is 12.3. The third-order valence-electron chi connectivity index (χ3n) is 4.55. The summed E-state index contributed by atoms with van der Waals surface area (Å²) >= 11 is 6.15. The highest BCUT2D eigenvalue weighted by Gasteiger charge is 2.17. The predicted octanol–water partition coefficient (Wildman–Crippen LogP) is 3.35. The number of carbonyl (C=O) groups excluding carboxylic acids is 1. The lowest BCUT2D eigenvalue weighted by Crippen LogP contribution is -2.26. The van der Waals surface area contributed by atoms with Crippen LogP contribution in [-0.4, -0.2) is 45.6 Å².